The largest absolute Gasteiger partial charge is 0.456 e. The zero-order chi connectivity index (χ0) is 38.8. The molecule has 0 saturated heterocycles. The first-order chi connectivity index (χ1) is 29.7. The molecule has 0 saturated carbocycles. The maximum Gasteiger partial charge on any atom is 0.180 e. The van der Waals surface area contributed by atoms with Crippen molar-refractivity contribution < 1.29 is 8.83 Å². The maximum atomic E-state index is 6.57. The van der Waals surface area contributed by atoms with Gasteiger partial charge in [0.1, 0.15) is 28.0 Å². The van der Waals surface area contributed by atoms with Crippen LogP contribution in [0.4, 0.5) is 0 Å². The Bertz CT molecular complexity index is 4300. The first-order valence-electron chi connectivity index (χ1n) is 20.3. The summed E-state index contributed by atoms with van der Waals surface area (Å²) in [6, 6.07) is 60.4. The summed E-state index contributed by atoms with van der Waals surface area (Å²) in [5.41, 5.74) is 13.7. The van der Waals surface area contributed by atoms with Gasteiger partial charge in [-0.05, 0) is 100 Å². The third-order valence-corrected chi connectivity index (χ3v) is 13.0. The molecule has 0 atom stereocenters. The van der Waals surface area contributed by atoms with Gasteiger partial charge in [0.05, 0.1) is 33.0 Å². The average Bonchev–Trinajstić information content (AvgIpc) is 4.04. The summed E-state index contributed by atoms with van der Waals surface area (Å²) in [4.78, 5) is 10.5. The van der Waals surface area contributed by atoms with E-state index in [1.54, 1.807) is 0 Å². The Kier molecular flexibility index (Phi) is 5.57. The van der Waals surface area contributed by atoms with Crippen molar-refractivity contribution in [2.45, 2.75) is 0 Å². The quantitative estimate of drug-likeness (QED) is 0.168. The summed E-state index contributed by atoms with van der Waals surface area (Å²) in [6.45, 7) is 0. The lowest BCUT2D eigenvalue weighted by atomic mass is 9.98. The Morgan fingerprint density at radius 3 is 2.02 bits per heavy atom. The molecule has 0 amide bonds. The van der Waals surface area contributed by atoms with E-state index in [4.69, 9.17) is 18.8 Å². The maximum absolute atomic E-state index is 6.57. The molecule has 6 nitrogen and oxygen atoms in total. The Hall–Kier alpha value is -8.22. The van der Waals surface area contributed by atoms with Crippen LogP contribution in [0.2, 0.25) is 0 Å². The van der Waals surface area contributed by atoms with Crippen LogP contribution >= 0.6 is 0 Å². The normalized spacial score (nSPS) is 12.7. The molecule has 0 fully saturated rings. The minimum atomic E-state index is 0.649. The van der Waals surface area contributed by atoms with Crippen LogP contribution in [0.3, 0.4) is 0 Å². The molecule has 0 aliphatic carbocycles. The summed E-state index contributed by atoms with van der Waals surface area (Å²) < 4.78 is 18.0. The van der Waals surface area contributed by atoms with E-state index in [1.807, 2.05) is 18.2 Å². The van der Waals surface area contributed by atoms with Gasteiger partial charge in [-0.25, -0.2) is 9.97 Å². The smallest absolute Gasteiger partial charge is 0.180 e. The molecule has 0 spiro atoms. The third-order valence-electron chi connectivity index (χ3n) is 13.0. The van der Waals surface area contributed by atoms with Crippen LogP contribution in [0, 0.1) is 0 Å². The van der Waals surface area contributed by atoms with Crippen LogP contribution < -0.4 is 0 Å². The number of fused-ring (bicyclic) bond motifs is 10. The number of rotatable bonds is 3. The summed E-state index contributed by atoms with van der Waals surface area (Å²) >= 11 is 0. The highest BCUT2D eigenvalue weighted by Gasteiger charge is 2.26. The molecule has 0 unspecified atom stereocenters. The van der Waals surface area contributed by atoms with Crippen molar-refractivity contribution in [2.24, 2.45) is 0 Å². The van der Waals surface area contributed by atoms with Gasteiger partial charge in [0.2, 0.25) is 0 Å². The van der Waals surface area contributed by atoms with Gasteiger partial charge < -0.3 is 17.8 Å². The molecule has 6 heteroatoms. The van der Waals surface area contributed by atoms with Crippen molar-refractivity contribution in [3.63, 3.8) is 0 Å². The van der Waals surface area contributed by atoms with Crippen LogP contribution in [-0.4, -0.2) is 18.9 Å². The highest BCUT2D eigenvalue weighted by Crippen LogP contribution is 2.48. The molecular weight excluding hydrogens is 737 g/mol. The van der Waals surface area contributed by atoms with Gasteiger partial charge in [0, 0.05) is 49.1 Å². The molecule has 276 valence electrons. The van der Waals surface area contributed by atoms with E-state index in [1.165, 1.54) is 59.5 Å². The zero-order valence-corrected chi connectivity index (χ0v) is 31.8. The molecule has 0 aliphatic heterocycles. The van der Waals surface area contributed by atoms with Crippen LogP contribution in [0.5, 0.6) is 0 Å². The van der Waals surface area contributed by atoms with Crippen molar-refractivity contribution >= 4 is 115 Å². The lowest BCUT2D eigenvalue weighted by molar-refractivity contribution is 0.667. The highest BCUT2D eigenvalue weighted by molar-refractivity contribution is 6.37. The van der Waals surface area contributed by atoms with Crippen LogP contribution in [0.25, 0.3) is 143 Å². The molecule has 15 rings (SSSR count). The SMILES string of the molecule is c1ccc2c(c1)ccc1ccc(-c3nc(-c4ccc(-n5c6ccc7oc8cccc9c8c7c6c6c5ccc5c7ccccc7n9c56)cc4)nc4c3oc3ccccc34)cc12. The van der Waals surface area contributed by atoms with Gasteiger partial charge in [0.25, 0.3) is 0 Å². The molecule has 15 aromatic rings. The lowest BCUT2D eigenvalue weighted by Crippen LogP contribution is -1.96. The van der Waals surface area contributed by atoms with E-state index in [0.717, 1.165) is 72.1 Å². The van der Waals surface area contributed by atoms with Crippen LogP contribution in [-0.2, 0) is 0 Å². The van der Waals surface area contributed by atoms with Crippen molar-refractivity contribution in [3.8, 4) is 28.3 Å². The number of hydrogen-bond donors (Lipinski definition) is 0. The Balaban J connectivity index is 0.968. The van der Waals surface area contributed by atoms with E-state index < -0.39 is 0 Å². The number of hydrogen-bond acceptors (Lipinski definition) is 4. The fraction of sp³-hybridized carbons (Fsp3) is 0. The number of para-hydroxylation sites is 2. The fourth-order valence-electron chi connectivity index (χ4n) is 10.5. The van der Waals surface area contributed by atoms with Crippen molar-refractivity contribution in [1.82, 2.24) is 18.9 Å². The summed E-state index contributed by atoms with van der Waals surface area (Å²) in [6.07, 6.45) is 0. The monoisotopic (exact) mass is 764 g/mol. The van der Waals surface area contributed by atoms with Gasteiger partial charge >= 0.3 is 0 Å². The predicted molar refractivity (Wildman–Crippen MR) is 245 cm³/mol. The molecule has 6 heterocycles. The molecule has 0 bridgehead atoms. The van der Waals surface area contributed by atoms with Gasteiger partial charge in [-0.1, -0.05) is 91.0 Å². The van der Waals surface area contributed by atoms with Crippen molar-refractivity contribution in [2.75, 3.05) is 0 Å². The predicted octanol–water partition coefficient (Wildman–Crippen LogP) is 14.4. The van der Waals surface area contributed by atoms with Crippen LogP contribution in [0.15, 0.2) is 179 Å². The number of benzene rings is 9. The van der Waals surface area contributed by atoms with Gasteiger partial charge in [0.15, 0.2) is 11.4 Å². The Morgan fingerprint density at radius 1 is 0.400 bits per heavy atom. The average molecular weight is 765 g/mol. The molecule has 0 aliphatic rings. The Morgan fingerprint density at radius 2 is 1.10 bits per heavy atom. The fourth-order valence-corrected chi connectivity index (χ4v) is 10.5. The van der Waals surface area contributed by atoms with Gasteiger partial charge in [-0.15, -0.1) is 0 Å². The van der Waals surface area contributed by atoms with E-state index in [0.29, 0.717) is 11.4 Å². The molecule has 0 N–H and O–H groups in total. The second-order valence-electron chi connectivity index (χ2n) is 16.1. The minimum Gasteiger partial charge on any atom is -0.456 e. The third kappa shape index (κ3) is 3.79. The number of furan rings is 2. The Labute approximate surface area is 339 Å². The van der Waals surface area contributed by atoms with Crippen LogP contribution in [0.1, 0.15) is 0 Å². The second-order valence-corrected chi connectivity index (χ2v) is 16.1. The molecule has 0 radical (unpaired) electrons. The molecule has 9 aromatic carbocycles. The minimum absolute atomic E-state index is 0.649. The van der Waals surface area contributed by atoms with E-state index in [9.17, 15) is 0 Å². The first kappa shape index (κ1) is 30.9. The topological polar surface area (TPSA) is 61.4 Å². The number of aromatic nitrogens is 4. The summed E-state index contributed by atoms with van der Waals surface area (Å²) in [5.74, 6) is 0.649. The van der Waals surface area contributed by atoms with Gasteiger partial charge in [-0.2, -0.15) is 0 Å². The zero-order valence-electron chi connectivity index (χ0n) is 31.8. The summed E-state index contributed by atoms with van der Waals surface area (Å²) in [7, 11) is 0. The molecule has 6 aromatic heterocycles. The lowest BCUT2D eigenvalue weighted by Gasteiger charge is -2.11. The standard InChI is InChI=1S/C54H28N4O2/c1-2-9-34-29(8-1)16-17-30-18-19-32(28-38(30)34)50-53-51(37-11-4-6-14-43(37)60-53)56-54(55-50)31-20-22-33(23-21-31)57-41-26-27-45-49-46-40(13-7-15-44(46)59-45)58-39-12-5-3-10-35(39)36-24-25-42(57)48(47(41)49)52(36)58/h1-28H. The first-order valence-corrected chi connectivity index (χ1v) is 20.3. The van der Waals surface area contributed by atoms with E-state index >= 15 is 0 Å². The van der Waals surface area contributed by atoms with Crippen molar-refractivity contribution in [1.29, 1.82) is 0 Å². The van der Waals surface area contributed by atoms with Crippen molar-refractivity contribution in [3.05, 3.63) is 170 Å². The summed E-state index contributed by atoms with van der Waals surface area (Å²) in [5, 5.41) is 13.0. The highest BCUT2D eigenvalue weighted by atomic mass is 16.3. The van der Waals surface area contributed by atoms with Gasteiger partial charge in [-0.3, -0.25) is 0 Å². The molecular formula is C54H28N4O2. The number of nitrogens with zero attached hydrogens (tertiary/aromatic N) is 4. The van der Waals surface area contributed by atoms with E-state index in [2.05, 4.69) is 161 Å². The van der Waals surface area contributed by atoms with E-state index in [-0.39, 0.29) is 0 Å². The molecule has 60 heavy (non-hydrogen) atoms. The second kappa shape index (κ2) is 10.8.